The van der Waals surface area contributed by atoms with Crippen molar-refractivity contribution in [2.45, 2.75) is 124 Å². The second-order valence-corrected chi connectivity index (χ2v) is 16.1. The van der Waals surface area contributed by atoms with Crippen molar-refractivity contribution in [2.24, 2.45) is 17.8 Å². The van der Waals surface area contributed by atoms with Gasteiger partial charge in [-0.05, 0) is 56.7 Å². The van der Waals surface area contributed by atoms with E-state index in [2.05, 4.69) is 29.1 Å². The predicted octanol–water partition coefficient (Wildman–Crippen LogP) is 6.76. The maximum Gasteiger partial charge on any atom is 0.309 e. The van der Waals surface area contributed by atoms with Gasteiger partial charge in [-0.3, -0.25) is 28.9 Å². The van der Waals surface area contributed by atoms with Crippen LogP contribution in [0, 0.1) is 17.8 Å². The van der Waals surface area contributed by atoms with Gasteiger partial charge in [-0.2, -0.15) is 0 Å². The van der Waals surface area contributed by atoms with E-state index >= 15 is 0 Å². The van der Waals surface area contributed by atoms with Crippen LogP contribution in [0.3, 0.4) is 0 Å². The number of aromatic nitrogens is 1. The van der Waals surface area contributed by atoms with Crippen molar-refractivity contribution in [3.63, 3.8) is 0 Å². The van der Waals surface area contributed by atoms with Crippen molar-refractivity contribution >= 4 is 41.0 Å². The standard InChI is InChI=1S/C43H67N5O7S/c1-11-15-22-47(9)27-37(49)46-39(30(7)14-4)42(52)48(10)35(29(5)6)26-36(55-38(50)19-12-2)41-45-34(28-56-41)40(51)44-33(25-32-20-17-16-18-21-32)24-31(8)43(53)54-23-13-3/h13,16-18,20-21,28-31,33,35-36,39H,3,11-12,14-15,19,22-27H2,1-2,4-10H3,(H,44,51)(H,46,49)/t30-,31-,33+,35+,36+,39-/m0/s1. The fraction of sp³-hybridized carbons (Fsp3) is 0.628. The number of benzene rings is 1. The van der Waals surface area contributed by atoms with Gasteiger partial charge in [-0.25, -0.2) is 4.98 Å². The fourth-order valence-corrected chi connectivity index (χ4v) is 7.29. The van der Waals surface area contributed by atoms with Gasteiger partial charge in [0.25, 0.3) is 5.91 Å². The van der Waals surface area contributed by atoms with E-state index in [1.54, 1.807) is 24.3 Å². The fourth-order valence-electron chi connectivity index (χ4n) is 6.45. The summed E-state index contributed by atoms with van der Waals surface area (Å²) in [5, 5.41) is 8.16. The summed E-state index contributed by atoms with van der Waals surface area (Å²) in [5.74, 6) is -2.26. The number of carbonyl (C=O) groups is 5. The Labute approximate surface area is 339 Å². The van der Waals surface area contributed by atoms with Gasteiger partial charge >= 0.3 is 11.9 Å². The van der Waals surface area contributed by atoms with Gasteiger partial charge < -0.3 is 25.0 Å². The van der Waals surface area contributed by atoms with E-state index < -0.39 is 42.0 Å². The maximum atomic E-state index is 14.2. The third kappa shape index (κ3) is 16.2. The van der Waals surface area contributed by atoms with Crippen LogP contribution in [-0.2, 0) is 35.1 Å². The molecule has 0 bridgehead atoms. The molecule has 0 spiro atoms. The number of esters is 2. The number of hydrogen-bond acceptors (Lipinski definition) is 10. The third-order valence-corrected chi connectivity index (χ3v) is 10.9. The van der Waals surface area contributed by atoms with Crippen molar-refractivity contribution in [1.82, 2.24) is 25.4 Å². The van der Waals surface area contributed by atoms with Crippen LogP contribution in [-0.4, -0.2) is 96.4 Å². The summed E-state index contributed by atoms with van der Waals surface area (Å²) < 4.78 is 11.3. The Balaban J connectivity index is 2.36. The molecule has 13 heteroatoms. The average molecular weight is 798 g/mol. The number of rotatable bonds is 26. The molecule has 0 radical (unpaired) electrons. The molecule has 1 aromatic carbocycles. The van der Waals surface area contributed by atoms with Crippen LogP contribution >= 0.6 is 11.3 Å². The number of unbranched alkanes of at least 4 members (excludes halogenated alkanes) is 1. The SMILES string of the molecule is C=CCOC(=O)[C@@H](C)C[C@H](Cc1ccccc1)NC(=O)c1csc([C@@H](C[C@H](C(C)C)N(C)C(=O)[C@@H](NC(=O)CN(C)CCCC)[C@@H](C)CC)OC(=O)CCC)n1. The lowest BCUT2D eigenvalue weighted by atomic mass is 9.93. The molecule has 56 heavy (non-hydrogen) atoms. The minimum Gasteiger partial charge on any atom is -0.461 e. The van der Waals surface area contributed by atoms with Crippen LogP contribution in [0.2, 0.25) is 0 Å². The molecular formula is C43H67N5O7S. The molecule has 0 fully saturated rings. The summed E-state index contributed by atoms with van der Waals surface area (Å²) in [6, 6.07) is 8.17. The van der Waals surface area contributed by atoms with E-state index in [1.807, 2.05) is 76.9 Å². The van der Waals surface area contributed by atoms with Gasteiger partial charge in [-0.15, -0.1) is 11.3 Å². The second-order valence-electron chi connectivity index (χ2n) is 15.2. The zero-order valence-corrected chi connectivity index (χ0v) is 36.0. The maximum absolute atomic E-state index is 14.2. The van der Waals surface area contributed by atoms with Gasteiger partial charge in [0, 0.05) is 37.4 Å². The molecule has 0 aliphatic heterocycles. The topological polar surface area (TPSA) is 147 Å². The van der Waals surface area contributed by atoms with Crippen molar-refractivity contribution in [3.8, 4) is 0 Å². The number of hydrogen-bond donors (Lipinski definition) is 2. The average Bonchev–Trinajstić information content (AvgIpc) is 3.67. The number of thiazole rings is 1. The Kier molecular flexibility index (Phi) is 21.6. The van der Waals surface area contributed by atoms with E-state index in [4.69, 9.17) is 9.47 Å². The van der Waals surface area contributed by atoms with E-state index in [-0.39, 0.29) is 61.3 Å². The van der Waals surface area contributed by atoms with E-state index in [1.165, 1.54) is 17.4 Å². The minimum atomic E-state index is -0.827. The zero-order chi connectivity index (χ0) is 41.8. The third-order valence-electron chi connectivity index (χ3n) is 9.97. The molecule has 2 rings (SSSR count). The van der Waals surface area contributed by atoms with Gasteiger partial charge in [0.15, 0.2) is 6.10 Å². The van der Waals surface area contributed by atoms with Gasteiger partial charge in [0.1, 0.15) is 23.4 Å². The molecular weight excluding hydrogens is 731 g/mol. The van der Waals surface area contributed by atoms with Gasteiger partial charge in [0.05, 0.1) is 12.5 Å². The van der Waals surface area contributed by atoms with Crippen LogP contribution in [0.1, 0.15) is 121 Å². The summed E-state index contributed by atoms with van der Waals surface area (Å²) in [5.41, 5.74) is 1.16. The molecule has 12 nitrogen and oxygen atoms in total. The molecule has 312 valence electrons. The Morgan fingerprint density at radius 1 is 0.964 bits per heavy atom. The molecule has 6 atom stereocenters. The lowest BCUT2D eigenvalue weighted by molar-refractivity contribution is -0.151. The summed E-state index contributed by atoms with van der Waals surface area (Å²) in [6.07, 6.45) is 5.25. The normalized spacial score (nSPS) is 14.6. The first kappa shape index (κ1) is 48.0. The summed E-state index contributed by atoms with van der Waals surface area (Å²) in [7, 11) is 3.63. The molecule has 1 heterocycles. The van der Waals surface area contributed by atoms with Crippen LogP contribution < -0.4 is 10.6 Å². The second kappa shape index (κ2) is 25.2. The van der Waals surface area contributed by atoms with Crippen molar-refractivity contribution in [2.75, 3.05) is 33.8 Å². The summed E-state index contributed by atoms with van der Waals surface area (Å²) in [4.78, 5) is 75.0. The lowest BCUT2D eigenvalue weighted by Crippen LogP contribution is -2.55. The summed E-state index contributed by atoms with van der Waals surface area (Å²) in [6.45, 7) is 18.4. The van der Waals surface area contributed by atoms with Gasteiger partial charge in [-0.1, -0.05) is 104 Å². The van der Waals surface area contributed by atoms with E-state index in [9.17, 15) is 24.0 Å². The number of nitrogens with zero attached hydrogens (tertiary/aromatic N) is 3. The molecule has 2 N–H and O–H groups in total. The van der Waals surface area contributed by atoms with Crippen molar-refractivity contribution in [3.05, 3.63) is 64.6 Å². The van der Waals surface area contributed by atoms with Crippen LogP contribution in [0.5, 0.6) is 0 Å². The van der Waals surface area contributed by atoms with Crippen LogP contribution in [0.4, 0.5) is 0 Å². The first-order valence-corrected chi connectivity index (χ1v) is 21.0. The number of amides is 3. The van der Waals surface area contributed by atoms with E-state index in [0.717, 1.165) is 24.9 Å². The number of carbonyl (C=O) groups excluding carboxylic acids is 5. The highest BCUT2D eigenvalue weighted by molar-refractivity contribution is 7.09. The summed E-state index contributed by atoms with van der Waals surface area (Å²) >= 11 is 1.22. The first-order valence-electron chi connectivity index (χ1n) is 20.2. The Bertz CT molecular complexity index is 1530. The lowest BCUT2D eigenvalue weighted by Gasteiger charge is -2.37. The molecule has 2 aromatic rings. The Morgan fingerprint density at radius 3 is 2.27 bits per heavy atom. The first-order chi connectivity index (χ1) is 26.6. The quantitative estimate of drug-likeness (QED) is 0.0779. The number of ether oxygens (including phenoxy) is 2. The molecule has 0 saturated heterocycles. The molecule has 0 aliphatic carbocycles. The van der Waals surface area contributed by atoms with Crippen molar-refractivity contribution < 1.29 is 33.4 Å². The Morgan fingerprint density at radius 2 is 1.66 bits per heavy atom. The van der Waals surface area contributed by atoms with Crippen LogP contribution in [0.25, 0.3) is 0 Å². The zero-order valence-electron chi connectivity index (χ0n) is 35.2. The molecule has 1 aromatic heterocycles. The predicted molar refractivity (Wildman–Crippen MR) is 222 cm³/mol. The highest BCUT2D eigenvalue weighted by Gasteiger charge is 2.36. The van der Waals surface area contributed by atoms with E-state index in [0.29, 0.717) is 30.7 Å². The monoisotopic (exact) mass is 797 g/mol. The largest absolute Gasteiger partial charge is 0.461 e. The van der Waals surface area contributed by atoms with Gasteiger partial charge in [0.2, 0.25) is 11.8 Å². The molecule has 0 saturated carbocycles. The molecule has 0 unspecified atom stereocenters. The Hall–Kier alpha value is -4.10. The smallest absolute Gasteiger partial charge is 0.309 e. The van der Waals surface area contributed by atoms with Crippen molar-refractivity contribution in [1.29, 1.82) is 0 Å². The molecule has 0 aliphatic rings. The number of nitrogens with one attached hydrogen (secondary N) is 2. The molecule has 3 amide bonds. The highest BCUT2D eigenvalue weighted by atomic mass is 32.1. The highest BCUT2D eigenvalue weighted by Crippen LogP contribution is 2.31. The minimum absolute atomic E-state index is 0.0496. The number of likely N-dealkylation sites (N-methyl/N-ethyl adjacent to an activating group) is 2. The van der Waals surface area contributed by atoms with Crippen LogP contribution in [0.15, 0.2) is 48.4 Å².